The number of amidine groups is 1. The minimum absolute atomic E-state index is 0.0448. The van der Waals surface area contributed by atoms with Gasteiger partial charge in [0, 0.05) is 49.4 Å². The maximum Gasteiger partial charge on any atom is 0.227 e. The molecule has 1 fully saturated rings. The van der Waals surface area contributed by atoms with E-state index in [1.165, 1.54) is 19.3 Å². The number of hydrogen-bond acceptors (Lipinski definition) is 7. The van der Waals surface area contributed by atoms with Gasteiger partial charge >= 0.3 is 0 Å². The Morgan fingerprint density at radius 3 is 2.50 bits per heavy atom. The highest BCUT2D eigenvalue weighted by Gasteiger charge is 2.17. The zero-order valence-electron chi connectivity index (χ0n) is 16.7. The molecule has 2 aromatic rings. The van der Waals surface area contributed by atoms with Gasteiger partial charge in [0.15, 0.2) is 0 Å². The molecule has 28 heavy (non-hydrogen) atoms. The molecule has 148 valence electrons. The van der Waals surface area contributed by atoms with Crippen LogP contribution >= 0.6 is 0 Å². The lowest BCUT2D eigenvalue weighted by Gasteiger charge is -2.26. The van der Waals surface area contributed by atoms with E-state index in [4.69, 9.17) is 10.8 Å². The summed E-state index contributed by atoms with van der Waals surface area (Å²) in [6.07, 6.45) is 6.97. The number of nitrogens with one attached hydrogen (secondary N) is 4. The lowest BCUT2D eigenvalue weighted by atomic mass is 9.96. The van der Waals surface area contributed by atoms with Crippen LogP contribution in [-0.4, -0.2) is 46.6 Å². The molecule has 4 N–H and O–H groups in total. The van der Waals surface area contributed by atoms with Gasteiger partial charge in [0.1, 0.15) is 17.5 Å². The molecule has 8 heteroatoms. The van der Waals surface area contributed by atoms with Crippen LogP contribution in [0, 0.1) is 16.7 Å². The van der Waals surface area contributed by atoms with Gasteiger partial charge in [-0.15, -0.1) is 0 Å². The molecule has 0 atom stereocenters. The average molecular weight is 381 g/mol. The number of hydrogen-bond donors (Lipinski definition) is 4. The zero-order valence-corrected chi connectivity index (χ0v) is 16.7. The van der Waals surface area contributed by atoms with Gasteiger partial charge in [-0.05, 0) is 37.3 Å². The molecule has 0 saturated carbocycles. The molecule has 8 nitrogen and oxygen atoms in total. The van der Waals surface area contributed by atoms with Crippen LogP contribution in [0.4, 0.5) is 17.6 Å². The van der Waals surface area contributed by atoms with Crippen molar-refractivity contribution in [3.8, 4) is 0 Å². The summed E-state index contributed by atoms with van der Waals surface area (Å²) in [5.41, 5.74) is 1.78. The topological polar surface area (TPSA) is 114 Å². The first-order chi connectivity index (χ1) is 13.5. The molecule has 0 spiro atoms. The summed E-state index contributed by atoms with van der Waals surface area (Å²) in [5, 5.41) is 22.6. The van der Waals surface area contributed by atoms with Crippen molar-refractivity contribution in [3.05, 3.63) is 35.7 Å². The summed E-state index contributed by atoms with van der Waals surface area (Å²) in [6.45, 7) is 5.91. The van der Waals surface area contributed by atoms with Crippen LogP contribution in [0.5, 0.6) is 0 Å². The molecule has 3 heterocycles. The third-order valence-corrected chi connectivity index (χ3v) is 4.83. The van der Waals surface area contributed by atoms with E-state index in [1.807, 2.05) is 26.0 Å². The van der Waals surface area contributed by atoms with Gasteiger partial charge in [-0.1, -0.05) is 13.8 Å². The van der Waals surface area contributed by atoms with Gasteiger partial charge in [-0.2, -0.15) is 4.98 Å². The molecular formula is C20H28N8. The van der Waals surface area contributed by atoms with Crippen LogP contribution < -0.4 is 15.5 Å². The van der Waals surface area contributed by atoms with Crippen molar-refractivity contribution < 1.29 is 0 Å². The summed E-state index contributed by atoms with van der Waals surface area (Å²) in [5.74, 6) is 2.28. The Kier molecular flexibility index (Phi) is 6.18. The first-order valence-corrected chi connectivity index (χ1v) is 9.70. The second kappa shape index (κ2) is 8.77. The fourth-order valence-electron chi connectivity index (χ4n) is 3.19. The number of rotatable bonds is 6. The van der Waals surface area contributed by atoms with E-state index in [9.17, 15) is 0 Å². The summed E-state index contributed by atoms with van der Waals surface area (Å²) in [7, 11) is 1.69. The molecule has 0 bridgehead atoms. The molecule has 1 saturated heterocycles. The number of piperidine rings is 1. The second-order valence-electron chi connectivity index (χ2n) is 7.22. The highest BCUT2D eigenvalue weighted by Crippen LogP contribution is 2.21. The van der Waals surface area contributed by atoms with Crippen molar-refractivity contribution in [3.63, 3.8) is 0 Å². The Hall–Kier alpha value is -3.03. The van der Waals surface area contributed by atoms with Gasteiger partial charge in [-0.3, -0.25) is 5.41 Å². The van der Waals surface area contributed by atoms with E-state index >= 15 is 0 Å². The number of aromatic nitrogens is 3. The maximum absolute atomic E-state index is 8.43. The summed E-state index contributed by atoms with van der Waals surface area (Å²) >= 11 is 0. The first kappa shape index (κ1) is 19.7. The number of nitrogens with zero attached hydrogens (tertiary/aromatic N) is 4. The largest absolute Gasteiger partial charge is 0.373 e. The Labute approximate surface area is 165 Å². The summed E-state index contributed by atoms with van der Waals surface area (Å²) < 4.78 is 0. The molecule has 0 unspecified atom stereocenters. The molecule has 0 aromatic carbocycles. The van der Waals surface area contributed by atoms with Crippen molar-refractivity contribution in [2.24, 2.45) is 5.92 Å². The molecule has 0 amide bonds. The predicted octanol–water partition coefficient (Wildman–Crippen LogP) is 3.17. The van der Waals surface area contributed by atoms with Crippen LogP contribution in [0.3, 0.4) is 0 Å². The Balaban J connectivity index is 1.87. The molecule has 2 aromatic heterocycles. The van der Waals surface area contributed by atoms with E-state index in [0.717, 1.165) is 19.0 Å². The van der Waals surface area contributed by atoms with Gasteiger partial charge in [0.25, 0.3) is 0 Å². The van der Waals surface area contributed by atoms with E-state index in [0.29, 0.717) is 28.5 Å². The zero-order chi connectivity index (χ0) is 20.1. The standard InChI is InChI=1S/C20H28N8/c1-13(2)18(21)14-11-17(25-12-15(14)19(22)23-3)26-16-7-8-24-20(27-16)28-9-5-4-6-10-28/h7-8,11-13,21H,4-6,9-10H2,1-3H3,(H2,22,23)(H,24,25,26,27). The van der Waals surface area contributed by atoms with Crippen LogP contribution in [0.1, 0.15) is 44.2 Å². The van der Waals surface area contributed by atoms with Gasteiger partial charge in [0.2, 0.25) is 5.95 Å². The molecule has 1 aliphatic rings. The van der Waals surface area contributed by atoms with E-state index in [1.54, 1.807) is 19.4 Å². The van der Waals surface area contributed by atoms with Crippen molar-refractivity contribution in [2.75, 3.05) is 30.4 Å². The monoisotopic (exact) mass is 380 g/mol. The van der Waals surface area contributed by atoms with E-state index in [2.05, 4.69) is 30.5 Å². The first-order valence-electron chi connectivity index (χ1n) is 9.70. The van der Waals surface area contributed by atoms with Crippen LogP contribution in [0.15, 0.2) is 24.5 Å². The van der Waals surface area contributed by atoms with Crippen LogP contribution in [0.25, 0.3) is 0 Å². The Bertz CT molecular complexity index is 855. The third kappa shape index (κ3) is 4.44. The van der Waals surface area contributed by atoms with Crippen molar-refractivity contribution in [1.82, 2.24) is 20.3 Å². The quantitative estimate of drug-likeness (QED) is 0.452. The minimum atomic E-state index is 0.0448. The van der Waals surface area contributed by atoms with Gasteiger partial charge < -0.3 is 20.9 Å². The lowest BCUT2D eigenvalue weighted by molar-refractivity contribution is 0.568. The molecular weight excluding hydrogens is 352 g/mol. The highest BCUT2D eigenvalue weighted by atomic mass is 15.3. The number of pyridine rings is 1. The normalized spacial score (nSPS) is 14.1. The minimum Gasteiger partial charge on any atom is -0.373 e. The molecule has 1 aliphatic heterocycles. The molecule has 3 rings (SSSR count). The third-order valence-electron chi connectivity index (χ3n) is 4.83. The summed E-state index contributed by atoms with van der Waals surface area (Å²) in [4.78, 5) is 15.7. The lowest BCUT2D eigenvalue weighted by Crippen LogP contribution is -2.31. The van der Waals surface area contributed by atoms with Crippen molar-refractivity contribution in [2.45, 2.75) is 33.1 Å². The number of anilines is 3. The predicted molar refractivity (Wildman–Crippen MR) is 113 cm³/mol. The van der Waals surface area contributed by atoms with E-state index in [-0.39, 0.29) is 11.8 Å². The molecule has 0 aliphatic carbocycles. The Morgan fingerprint density at radius 1 is 1.07 bits per heavy atom. The van der Waals surface area contributed by atoms with Gasteiger partial charge in [0.05, 0.1) is 0 Å². The van der Waals surface area contributed by atoms with Crippen LogP contribution in [0.2, 0.25) is 0 Å². The Morgan fingerprint density at radius 2 is 1.82 bits per heavy atom. The maximum atomic E-state index is 8.43. The fourth-order valence-corrected chi connectivity index (χ4v) is 3.19. The fraction of sp³-hybridized carbons (Fsp3) is 0.450. The highest BCUT2D eigenvalue weighted by molar-refractivity contribution is 6.10. The van der Waals surface area contributed by atoms with Crippen molar-refractivity contribution >= 4 is 29.1 Å². The smallest absolute Gasteiger partial charge is 0.227 e. The van der Waals surface area contributed by atoms with Gasteiger partial charge in [-0.25, -0.2) is 9.97 Å². The molecule has 0 radical (unpaired) electrons. The van der Waals surface area contributed by atoms with Crippen LogP contribution in [-0.2, 0) is 0 Å². The SMILES string of the molecule is CNC(=N)c1cnc(Nc2ccnc(N3CCCCC3)n2)cc1C(=N)C(C)C. The summed E-state index contributed by atoms with van der Waals surface area (Å²) in [6, 6.07) is 3.62. The van der Waals surface area contributed by atoms with E-state index < -0.39 is 0 Å². The average Bonchev–Trinajstić information content (AvgIpc) is 2.73. The van der Waals surface area contributed by atoms with Crippen molar-refractivity contribution in [1.29, 1.82) is 10.8 Å². The second-order valence-corrected chi connectivity index (χ2v) is 7.22.